The second-order valence-electron chi connectivity index (χ2n) is 6.56. The fourth-order valence-corrected chi connectivity index (χ4v) is 3.77. The molecular formula is C19H19ClN4O4S. The van der Waals surface area contributed by atoms with E-state index in [-0.39, 0.29) is 6.04 Å². The summed E-state index contributed by atoms with van der Waals surface area (Å²) in [4.78, 5) is 36.7. The predicted molar refractivity (Wildman–Crippen MR) is 111 cm³/mol. The molecule has 0 saturated heterocycles. The number of urea groups is 1. The highest BCUT2D eigenvalue weighted by Crippen LogP contribution is 2.31. The lowest BCUT2D eigenvalue weighted by Crippen LogP contribution is -2.44. The molecule has 152 valence electrons. The van der Waals surface area contributed by atoms with Crippen LogP contribution in [0.2, 0.25) is 5.02 Å². The van der Waals surface area contributed by atoms with E-state index in [0.29, 0.717) is 9.90 Å². The van der Waals surface area contributed by atoms with Gasteiger partial charge in [0.25, 0.3) is 5.91 Å². The number of thiophene rings is 1. The Morgan fingerprint density at radius 3 is 2.59 bits per heavy atom. The summed E-state index contributed by atoms with van der Waals surface area (Å²) in [7, 11) is 0. The SMILES string of the molecule is Cc1nn(-c2ccc(Cl)cc2)c2sc(C(=O)OCC(=O)NC(=O)NC(C)C)cc12. The third-order valence-electron chi connectivity index (χ3n) is 3.82. The van der Waals surface area contributed by atoms with E-state index in [1.165, 1.54) is 11.3 Å². The van der Waals surface area contributed by atoms with E-state index in [4.69, 9.17) is 16.3 Å². The molecular weight excluding hydrogens is 416 g/mol. The summed E-state index contributed by atoms with van der Waals surface area (Å²) in [5.74, 6) is -1.35. The maximum absolute atomic E-state index is 12.3. The molecule has 0 atom stereocenters. The molecule has 0 aliphatic carbocycles. The van der Waals surface area contributed by atoms with Crippen molar-refractivity contribution < 1.29 is 19.1 Å². The van der Waals surface area contributed by atoms with Crippen molar-refractivity contribution in [2.24, 2.45) is 0 Å². The molecule has 2 aromatic heterocycles. The average Bonchev–Trinajstić information content (AvgIpc) is 3.20. The van der Waals surface area contributed by atoms with Crippen molar-refractivity contribution in [2.45, 2.75) is 26.8 Å². The van der Waals surface area contributed by atoms with Crippen LogP contribution in [-0.2, 0) is 9.53 Å². The molecule has 1 aromatic carbocycles. The molecule has 2 heterocycles. The molecule has 0 radical (unpaired) electrons. The van der Waals surface area contributed by atoms with Crippen molar-refractivity contribution in [1.29, 1.82) is 0 Å². The molecule has 0 spiro atoms. The topological polar surface area (TPSA) is 102 Å². The van der Waals surface area contributed by atoms with Gasteiger partial charge in [0, 0.05) is 16.5 Å². The van der Waals surface area contributed by atoms with Crippen LogP contribution in [0.5, 0.6) is 0 Å². The fraction of sp³-hybridized carbons (Fsp3) is 0.263. The van der Waals surface area contributed by atoms with Gasteiger partial charge in [-0.15, -0.1) is 11.3 Å². The average molecular weight is 435 g/mol. The van der Waals surface area contributed by atoms with E-state index < -0.39 is 24.5 Å². The number of amides is 3. The lowest BCUT2D eigenvalue weighted by Gasteiger charge is -2.09. The smallest absolute Gasteiger partial charge is 0.348 e. The van der Waals surface area contributed by atoms with E-state index in [0.717, 1.165) is 21.6 Å². The Bertz CT molecular complexity index is 1070. The molecule has 3 amide bonds. The van der Waals surface area contributed by atoms with Gasteiger partial charge in [-0.2, -0.15) is 5.10 Å². The summed E-state index contributed by atoms with van der Waals surface area (Å²) in [6, 6.07) is 8.11. The normalized spacial score (nSPS) is 10.9. The molecule has 0 aliphatic heterocycles. The number of carbonyl (C=O) groups is 3. The molecule has 0 aliphatic rings. The first-order chi connectivity index (χ1) is 13.7. The van der Waals surface area contributed by atoms with Crippen LogP contribution in [-0.4, -0.2) is 40.3 Å². The number of fused-ring (bicyclic) bond motifs is 1. The van der Waals surface area contributed by atoms with E-state index >= 15 is 0 Å². The monoisotopic (exact) mass is 434 g/mol. The first-order valence-electron chi connectivity index (χ1n) is 8.77. The number of nitrogens with zero attached hydrogens (tertiary/aromatic N) is 2. The number of halogens is 1. The Balaban J connectivity index is 1.71. The molecule has 0 unspecified atom stereocenters. The second-order valence-corrected chi connectivity index (χ2v) is 8.02. The van der Waals surface area contributed by atoms with E-state index in [2.05, 4.69) is 15.7 Å². The van der Waals surface area contributed by atoms with Crippen LogP contribution < -0.4 is 10.6 Å². The molecule has 29 heavy (non-hydrogen) atoms. The zero-order chi connectivity index (χ0) is 21.1. The predicted octanol–water partition coefficient (Wildman–Crippen LogP) is 3.44. The van der Waals surface area contributed by atoms with Crippen molar-refractivity contribution in [3.8, 4) is 5.69 Å². The van der Waals surface area contributed by atoms with Gasteiger partial charge >= 0.3 is 12.0 Å². The Hall–Kier alpha value is -2.91. The zero-order valence-corrected chi connectivity index (χ0v) is 17.6. The van der Waals surface area contributed by atoms with Gasteiger partial charge in [0.15, 0.2) is 6.61 Å². The standard InChI is InChI=1S/C19H19ClN4O4S/c1-10(2)21-19(27)22-16(25)9-28-18(26)15-8-14-11(3)23-24(17(14)29-15)13-6-4-12(20)5-7-13/h4-8,10H,9H2,1-3H3,(H2,21,22,25,27). The minimum absolute atomic E-state index is 0.118. The van der Waals surface area contributed by atoms with Crippen LogP contribution in [0, 0.1) is 6.92 Å². The Kier molecular flexibility index (Phi) is 6.19. The number of nitrogens with one attached hydrogen (secondary N) is 2. The van der Waals surface area contributed by atoms with Gasteiger partial charge in [-0.1, -0.05) is 11.6 Å². The van der Waals surface area contributed by atoms with Crippen molar-refractivity contribution in [2.75, 3.05) is 6.61 Å². The number of rotatable bonds is 5. The van der Waals surface area contributed by atoms with Crippen LogP contribution >= 0.6 is 22.9 Å². The van der Waals surface area contributed by atoms with Gasteiger partial charge in [0.2, 0.25) is 0 Å². The van der Waals surface area contributed by atoms with Crippen LogP contribution in [0.1, 0.15) is 29.2 Å². The molecule has 0 saturated carbocycles. The van der Waals surface area contributed by atoms with Crippen LogP contribution in [0.15, 0.2) is 30.3 Å². The number of benzene rings is 1. The van der Waals surface area contributed by atoms with Gasteiger partial charge in [-0.05, 0) is 51.1 Å². The summed E-state index contributed by atoms with van der Waals surface area (Å²) in [6.07, 6.45) is 0. The van der Waals surface area contributed by atoms with Gasteiger partial charge in [-0.25, -0.2) is 14.3 Å². The van der Waals surface area contributed by atoms with Crippen molar-refractivity contribution in [3.63, 3.8) is 0 Å². The fourth-order valence-electron chi connectivity index (χ4n) is 2.57. The molecule has 3 aromatic rings. The van der Waals surface area contributed by atoms with Gasteiger partial charge in [-0.3, -0.25) is 10.1 Å². The summed E-state index contributed by atoms with van der Waals surface area (Å²) >= 11 is 7.15. The Morgan fingerprint density at radius 2 is 1.93 bits per heavy atom. The number of aromatic nitrogens is 2. The van der Waals surface area contributed by atoms with E-state index in [9.17, 15) is 14.4 Å². The van der Waals surface area contributed by atoms with E-state index in [1.54, 1.807) is 36.7 Å². The number of imide groups is 1. The number of ether oxygens (including phenoxy) is 1. The zero-order valence-electron chi connectivity index (χ0n) is 16.0. The lowest BCUT2D eigenvalue weighted by molar-refractivity contribution is -0.123. The first-order valence-corrected chi connectivity index (χ1v) is 9.96. The summed E-state index contributed by atoms with van der Waals surface area (Å²) < 4.78 is 6.76. The van der Waals surface area contributed by atoms with E-state index in [1.807, 2.05) is 19.1 Å². The maximum Gasteiger partial charge on any atom is 0.348 e. The first kappa shape index (κ1) is 20.8. The van der Waals surface area contributed by atoms with Gasteiger partial charge < -0.3 is 10.1 Å². The summed E-state index contributed by atoms with van der Waals surface area (Å²) in [5, 5.41) is 10.5. The molecule has 3 rings (SSSR count). The second kappa shape index (κ2) is 8.62. The highest BCUT2D eigenvalue weighted by atomic mass is 35.5. The number of esters is 1. The Labute approximate surface area is 175 Å². The van der Waals surface area contributed by atoms with Gasteiger partial charge in [0.1, 0.15) is 9.71 Å². The third kappa shape index (κ3) is 4.93. The number of carbonyl (C=O) groups excluding carboxylic acids is 3. The Morgan fingerprint density at radius 1 is 1.24 bits per heavy atom. The van der Waals surface area contributed by atoms with Crippen LogP contribution in [0.25, 0.3) is 15.9 Å². The van der Waals surface area contributed by atoms with Crippen molar-refractivity contribution in [3.05, 3.63) is 45.9 Å². The summed E-state index contributed by atoms with van der Waals surface area (Å²) in [5.41, 5.74) is 1.57. The molecule has 0 fully saturated rings. The highest BCUT2D eigenvalue weighted by molar-refractivity contribution is 7.20. The highest BCUT2D eigenvalue weighted by Gasteiger charge is 2.19. The summed E-state index contributed by atoms with van der Waals surface area (Å²) in [6.45, 7) is 4.82. The minimum Gasteiger partial charge on any atom is -0.451 e. The van der Waals surface area contributed by atoms with Crippen LogP contribution in [0.4, 0.5) is 4.79 Å². The third-order valence-corrected chi connectivity index (χ3v) is 5.17. The van der Waals surface area contributed by atoms with Gasteiger partial charge in [0.05, 0.1) is 11.4 Å². The molecule has 0 bridgehead atoms. The maximum atomic E-state index is 12.3. The van der Waals surface area contributed by atoms with Crippen molar-refractivity contribution in [1.82, 2.24) is 20.4 Å². The van der Waals surface area contributed by atoms with Crippen molar-refractivity contribution >= 4 is 51.1 Å². The van der Waals surface area contributed by atoms with Crippen LogP contribution in [0.3, 0.4) is 0 Å². The largest absolute Gasteiger partial charge is 0.451 e. The number of hydrogen-bond acceptors (Lipinski definition) is 6. The number of aryl methyl sites for hydroxylation is 1. The molecule has 2 N–H and O–H groups in total. The molecule has 10 heteroatoms. The number of hydrogen-bond donors (Lipinski definition) is 2. The quantitative estimate of drug-likeness (QED) is 0.599. The minimum atomic E-state index is -0.707. The lowest BCUT2D eigenvalue weighted by atomic mass is 10.3. The molecule has 8 nitrogen and oxygen atoms in total.